The summed E-state index contributed by atoms with van der Waals surface area (Å²) in [5.74, 6) is -0.774. The van der Waals surface area contributed by atoms with Gasteiger partial charge in [-0.25, -0.2) is 18.7 Å². The zero-order chi connectivity index (χ0) is 45.7. The molecule has 15 heteroatoms. The van der Waals surface area contributed by atoms with E-state index < -0.39 is 19.8 Å². The minimum absolute atomic E-state index is 0.202. The monoisotopic (exact) mass is 986 g/mol. The van der Waals surface area contributed by atoms with Crippen molar-refractivity contribution in [2.75, 3.05) is 40.4 Å². The Morgan fingerprint density at radius 1 is 0.631 bits per heavy atom. The molecule has 348 valence electrons. The van der Waals surface area contributed by atoms with E-state index >= 15 is 0 Å². The van der Waals surface area contributed by atoms with E-state index in [9.17, 15) is 18.0 Å². The maximum absolute atomic E-state index is 13.1. The van der Waals surface area contributed by atoms with E-state index in [1.807, 2.05) is 24.3 Å². The van der Waals surface area contributed by atoms with Gasteiger partial charge in [-0.05, 0) is 168 Å². The second-order valence-electron chi connectivity index (χ2n) is 18.1. The highest BCUT2D eigenvalue weighted by atomic mass is 79.9. The number of hydrogen-bond acceptors (Lipinski definition) is 8. The maximum atomic E-state index is 13.1. The summed E-state index contributed by atoms with van der Waals surface area (Å²) in [6.07, 6.45) is 14.2. The van der Waals surface area contributed by atoms with Gasteiger partial charge in [0.05, 0.1) is 34.8 Å². The number of fused-ring (bicyclic) bond motifs is 4. The molecule has 0 bridgehead atoms. The predicted octanol–water partition coefficient (Wildman–Crippen LogP) is 6.60. The molecule has 2 fully saturated rings. The number of nitrogens with zero attached hydrogens (tertiary/aromatic N) is 3. The molecule has 2 atom stereocenters. The van der Waals surface area contributed by atoms with Gasteiger partial charge >= 0.3 is 0 Å². The fourth-order valence-corrected chi connectivity index (χ4v) is 12.5. The van der Waals surface area contributed by atoms with Gasteiger partial charge in [-0.2, -0.15) is 0 Å². The molecular formula is C50H63BrN6O6S2. The van der Waals surface area contributed by atoms with Crippen LogP contribution < -0.4 is 15.6 Å². The van der Waals surface area contributed by atoms with Crippen molar-refractivity contribution in [2.24, 2.45) is 19.0 Å². The average Bonchev–Trinajstić information content (AvgIpc) is 4.10. The summed E-state index contributed by atoms with van der Waals surface area (Å²) < 4.78 is 44.1. The van der Waals surface area contributed by atoms with Crippen LogP contribution in [0.25, 0.3) is 0 Å². The summed E-state index contributed by atoms with van der Waals surface area (Å²) >= 11 is 3.38. The number of aryl methyl sites for hydroxylation is 4. The maximum Gasteiger partial charge on any atom is 0.259 e. The van der Waals surface area contributed by atoms with E-state index in [1.54, 1.807) is 38.5 Å². The summed E-state index contributed by atoms with van der Waals surface area (Å²) in [7, 11) is -3.01. The van der Waals surface area contributed by atoms with Gasteiger partial charge in [-0.3, -0.25) is 14.5 Å². The van der Waals surface area contributed by atoms with E-state index in [2.05, 4.69) is 47.0 Å². The van der Waals surface area contributed by atoms with Crippen molar-refractivity contribution < 1.29 is 27.5 Å². The molecule has 12 nitrogen and oxygen atoms in total. The number of ether oxygens (including phenoxy) is 2. The Morgan fingerprint density at radius 3 is 1.34 bits per heavy atom. The topological polar surface area (TPSA) is 179 Å². The number of amides is 2. The number of hydrogen-bond donors (Lipinski definition) is 3. The first-order valence-electron chi connectivity index (χ1n) is 23.0. The van der Waals surface area contributed by atoms with Gasteiger partial charge in [0.2, 0.25) is 0 Å². The predicted molar refractivity (Wildman–Crippen MR) is 260 cm³/mol. The zero-order valence-corrected chi connectivity index (χ0v) is 40.9. The summed E-state index contributed by atoms with van der Waals surface area (Å²) in [6.45, 7) is 4.73. The third kappa shape index (κ3) is 11.4. The summed E-state index contributed by atoms with van der Waals surface area (Å²) in [5, 5.41) is 15.8. The van der Waals surface area contributed by atoms with Crippen LogP contribution in [-0.4, -0.2) is 77.7 Å². The SMILES string of the molecule is COC1CN(Cc2ccc(S(N)(=O)=NC(=O)Cc3c4c(cc5c3CCC5)CCC4)cc2)C1.COC1CNC1.NS(=O)(=NC(=O)Cc1c2c(cc3c1CCC3)CCC2)c1ccc(CBr)cc1. The number of nitrogens with one attached hydrogen (secondary N) is 1. The molecule has 0 aromatic heterocycles. The minimum atomic E-state index is -3.27. The third-order valence-corrected chi connectivity index (χ3v) is 17.2. The molecule has 2 aliphatic heterocycles. The molecule has 6 aliphatic rings. The molecule has 0 radical (unpaired) electrons. The number of halogens is 1. The standard InChI is InChI=1S/C25H31N3O3S.C21H23BrN2O2S.C4H9NO/c1-31-20-15-28(16-20)14-17-8-10-21(11-9-17)32(26,30)27-25(29)13-24-22-6-2-4-18(22)12-19-5-3-7-23(19)24;22-13-14-7-9-17(10-8-14)27(23,26)24-21(25)12-20-18-5-1-3-15(18)11-16-4-2-6-19(16)20;1-6-4-2-5-3-4/h8-12,20H,2-7,13-16H2,1H3,(H2,26,27,29,30);7-11H,1-6,12-13H2,(H2,23,24,25,26);4-5H,2-3H2,1H3. The van der Waals surface area contributed by atoms with Gasteiger partial charge in [0.25, 0.3) is 11.8 Å². The number of carbonyl (C=O) groups is 2. The van der Waals surface area contributed by atoms with E-state index in [1.165, 1.54) is 44.5 Å². The van der Waals surface area contributed by atoms with Gasteiger partial charge in [0.15, 0.2) is 0 Å². The van der Waals surface area contributed by atoms with Crippen molar-refractivity contribution >= 4 is 47.6 Å². The Hall–Kier alpha value is -3.64. The molecule has 65 heavy (non-hydrogen) atoms. The Morgan fingerprint density at radius 2 is 1.02 bits per heavy atom. The van der Waals surface area contributed by atoms with Crippen LogP contribution in [0, 0.1) is 0 Å². The number of alkyl halides is 1. The number of carbonyl (C=O) groups excluding carboxylic acids is 2. The van der Waals surface area contributed by atoms with Crippen LogP contribution in [0.5, 0.6) is 0 Å². The first-order valence-corrected chi connectivity index (χ1v) is 27.3. The average molecular weight is 988 g/mol. The molecular weight excluding hydrogens is 925 g/mol. The third-order valence-electron chi connectivity index (χ3n) is 13.7. The van der Waals surface area contributed by atoms with E-state index in [0.29, 0.717) is 27.3 Å². The molecule has 4 aliphatic carbocycles. The smallest absolute Gasteiger partial charge is 0.259 e. The lowest BCUT2D eigenvalue weighted by molar-refractivity contribution is -0.117. The van der Waals surface area contributed by atoms with Crippen molar-refractivity contribution in [3.8, 4) is 0 Å². The molecule has 2 saturated heterocycles. The first-order chi connectivity index (χ1) is 31.3. The second kappa shape index (κ2) is 21.1. The number of nitrogens with two attached hydrogens (primary N) is 2. The van der Waals surface area contributed by atoms with Gasteiger partial charge < -0.3 is 14.8 Å². The number of rotatable bonds is 11. The lowest BCUT2D eigenvalue weighted by atomic mass is 9.92. The molecule has 2 unspecified atom stereocenters. The minimum Gasteiger partial charge on any atom is -0.379 e. The van der Waals surface area contributed by atoms with Crippen LogP contribution in [0.3, 0.4) is 0 Å². The zero-order valence-electron chi connectivity index (χ0n) is 37.7. The molecule has 0 spiro atoms. The summed E-state index contributed by atoms with van der Waals surface area (Å²) in [5.41, 5.74) is 15.3. The molecule has 4 aromatic rings. The van der Waals surface area contributed by atoms with Gasteiger partial charge in [0.1, 0.15) is 19.8 Å². The highest BCUT2D eigenvalue weighted by molar-refractivity contribution is 9.08. The van der Waals surface area contributed by atoms with Crippen LogP contribution in [0.2, 0.25) is 0 Å². The van der Waals surface area contributed by atoms with E-state index in [-0.39, 0.29) is 24.7 Å². The molecule has 10 rings (SSSR count). The Balaban J connectivity index is 0.000000159. The molecule has 2 amide bonds. The first kappa shape index (κ1) is 47.8. The van der Waals surface area contributed by atoms with E-state index in [0.717, 1.165) is 132 Å². The van der Waals surface area contributed by atoms with Crippen molar-refractivity contribution in [1.29, 1.82) is 0 Å². The van der Waals surface area contributed by atoms with Crippen molar-refractivity contribution in [3.63, 3.8) is 0 Å². The summed E-state index contributed by atoms with van der Waals surface area (Å²) in [4.78, 5) is 28.6. The van der Waals surface area contributed by atoms with Crippen molar-refractivity contribution in [2.45, 2.75) is 124 Å². The van der Waals surface area contributed by atoms with Crippen LogP contribution in [0.1, 0.15) is 92.4 Å². The van der Waals surface area contributed by atoms with E-state index in [4.69, 9.17) is 19.8 Å². The summed E-state index contributed by atoms with van der Waals surface area (Å²) in [6, 6.07) is 19.0. The lowest BCUT2D eigenvalue weighted by Gasteiger charge is -2.38. The number of likely N-dealkylation sites (tertiary alicyclic amines) is 1. The van der Waals surface area contributed by atoms with Gasteiger partial charge in [-0.15, -0.1) is 8.73 Å². The highest BCUT2D eigenvalue weighted by Gasteiger charge is 2.28. The van der Waals surface area contributed by atoms with Crippen molar-refractivity contribution in [1.82, 2.24) is 10.2 Å². The normalized spacial score (nSPS) is 19.1. The molecule has 0 saturated carbocycles. The number of benzene rings is 4. The van der Waals surface area contributed by atoms with Crippen LogP contribution in [0.4, 0.5) is 0 Å². The largest absolute Gasteiger partial charge is 0.379 e. The van der Waals surface area contributed by atoms with Gasteiger partial charge in [-0.1, -0.05) is 52.3 Å². The fraction of sp³-hybridized carbons (Fsp3) is 0.480. The number of methoxy groups -OCH3 is 2. The fourth-order valence-electron chi connectivity index (χ4n) is 10.1. The van der Waals surface area contributed by atoms with Crippen LogP contribution in [-0.2, 0) is 115 Å². The highest BCUT2D eigenvalue weighted by Crippen LogP contribution is 2.37. The van der Waals surface area contributed by atoms with Crippen molar-refractivity contribution in [3.05, 3.63) is 127 Å². The quantitative estimate of drug-likeness (QED) is 0.141. The van der Waals surface area contributed by atoms with Crippen LogP contribution in [0.15, 0.2) is 79.2 Å². The second-order valence-corrected chi connectivity index (χ2v) is 22.3. The lowest BCUT2D eigenvalue weighted by Crippen LogP contribution is -2.50. The Labute approximate surface area is 393 Å². The molecule has 5 N–H and O–H groups in total. The van der Waals surface area contributed by atoms with Gasteiger partial charge in [0, 0.05) is 52.3 Å². The van der Waals surface area contributed by atoms with Crippen LogP contribution >= 0.6 is 15.9 Å². The Bertz CT molecular complexity index is 2600. The molecule has 4 aromatic carbocycles. The molecule has 2 heterocycles. The Kier molecular flexibility index (Phi) is 15.5.